The van der Waals surface area contributed by atoms with E-state index in [1.807, 2.05) is 29.8 Å². The van der Waals surface area contributed by atoms with Gasteiger partial charge in [0.2, 0.25) is 0 Å². The zero-order chi connectivity index (χ0) is 18.1. The fourth-order valence-electron chi connectivity index (χ4n) is 4.25. The molecule has 0 amide bonds. The van der Waals surface area contributed by atoms with Gasteiger partial charge in [-0.05, 0) is 38.1 Å². The van der Waals surface area contributed by atoms with E-state index < -0.39 is 0 Å². The van der Waals surface area contributed by atoms with Crippen LogP contribution in [0.2, 0.25) is 0 Å². The van der Waals surface area contributed by atoms with Crippen LogP contribution in [0.25, 0.3) is 0 Å². The average molecular weight is 354 g/mol. The van der Waals surface area contributed by atoms with E-state index in [9.17, 15) is 4.79 Å². The Morgan fingerprint density at radius 1 is 1.31 bits per heavy atom. The molecular weight excluding hydrogens is 328 g/mol. The highest BCUT2D eigenvalue weighted by Gasteiger charge is 2.31. The van der Waals surface area contributed by atoms with Crippen molar-refractivity contribution in [1.29, 1.82) is 0 Å². The average Bonchev–Trinajstić information content (AvgIpc) is 2.65. The van der Waals surface area contributed by atoms with E-state index in [2.05, 4.69) is 21.3 Å². The number of ether oxygens (including phenoxy) is 1. The maximum Gasteiger partial charge on any atom is 0.255 e. The number of methoxy groups -OCH3 is 1. The van der Waals surface area contributed by atoms with Crippen LogP contribution >= 0.6 is 0 Å². The fourth-order valence-corrected chi connectivity index (χ4v) is 4.25. The van der Waals surface area contributed by atoms with Gasteiger partial charge in [0.25, 0.3) is 5.56 Å². The molecule has 26 heavy (non-hydrogen) atoms. The summed E-state index contributed by atoms with van der Waals surface area (Å²) in [7, 11) is 3.67. The van der Waals surface area contributed by atoms with Gasteiger partial charge in [0.15, 0.2) is 0 Å². The Hall–Kier alpha value is -2.18. The second kappa shape index (κ2) is 7.21. The smallest absolute Gasteiger partial charge is 0.255 e. The Bertz CT molecular complexity index is 848. The summed E-state index contributed by atoms with van der Waals surface area (Å²) >= 11 is 0. The standard InChI is InChI=1S/C20H26N4O2/c1-23(13-17-8-18(26-2)5-6-22-17)12-15-3-4-19-16-7-14(9-21-10-16)11-24(19)20(15)25/h3-6,8,14,16,21H,7,9-13H2,1-2H3/t14-,16+/m0/s1. The van der Waals surface area contributed by atoms with Gasteiger partial charge >= 0.3 is 0 Å². The summed E-state index contributed by atoms with van der Waals surface area (Å²) in [5.74, 6) is 1.85. The van der Waals surface area contributed by atoms with Crippen LogP contribution in [0.3, 0.4) is 0 Å². The molecule has 2 bridgehead atoms. The van der Waals surface area contributed by atoms with Gasteiger partial charge in [-0.1, -0.05) is 6.07 Å². The van der Waals surface area contributed by atoms with Gasteiger partial charge in [0, 0.05) is 55.6 Å². The van der Waals surface area contributed by atoms with Crippen LogP contribution < -0.4 is 15.6 Å². The van der Waals surface area contributed by atoms with Gasteiger partial charge in [-0.25, -0.2) is 0 Å². The lowest BCUT2D eigenvalue weighted by Gasteiger charge is -2.37. The predicted molar refractivity (Wildman–Crippen MR) is 100 cm³/mol. The Morgan fingerprint density at radius 3 is 3.04 bits per heavy atom. The highest BCUT2D eigenvalue weighted by molar-refractivity contribution is 5.24. The van der Waals surface area contributed by atoms with Crippen LogP contribution in [0, 0.1) is 5.92 Å². The number of fused-ring (bicyclic) bond motifs is 4. The normalized spacial score (nSPS) is 21.5. The molecule has 1 saturated heterocycles. The Labute approximate surface area is 153 Å². The number of pyridine rings is 2. The molecule has 0 aliphatic carbocycles. The molecule has 0 saturated carbocycles. The van der Waals surface area contributed by atoms with Crippen molar-refractivity contribution in [2.24, 2.45) is 5.92 Å². The van der Waals surface area contributed by atoms with Crippen molar-refractivity contribution in [1.82, 2.24) is 19.8 Å². The number of nitrogens with zero attached hydrogens (tertiary/aromatic N) is 3. The molecule has 0 spiro atoms. The van der Waals surface area contributed by atoms with Crippen molar-refractivity contribution in [2.45, 2.75) is 32.0 Å². The summed E-state index contributed by atoms with van der Waals surface area (Å²) in [6.45, 7) is 4.14. The number of aromatic nitrogens is 2. The Balaban J connectivity index is 1.51. The van der Waals surface area contributed by atoms with E-state index in [0.717, 1.165) is 36.6 Å². The highest BCUT2D eigenvalue weighted by Crippen LogP contribution is 2.31. The minimum absolute atomic E-state index is 0.171. The first-order valence-corrected chi connectivity index (χ1v) is 9.25. The summed E-state index contributed by atoms with van der Waals surface area (Å²) in [4.78, 5) is 19.5. The van der Waals surface area contributed by atoms with E-state index in [-0.39, 0.29) is 5.56 Å². The molecule has 0 unspecified atom stereocenters. The van der Waals surface area contributed by atoms with Crippen molar-refractivity contribution < 1.29 is 4.74 Å². The molecule has 0 radical (unpaired) electrons. The highest BCUT2D eigenvalue weighted by atomic mass is 16.5. The van der Waals surface area contributed by atoms with E-state index in [1.54, 1.807) is 13.3 Å². The van der Waals surface area contributed by atoms with Crippen LogP contribution in [0.4, 0.5) is 0 Å². The summed E-state index contributed by atoms with van der Waals surface area (Å²) in [5, 5.41) is 3.49. The SMILES string of the molecule is COc1ccnc(CN(C)Cc2ccc3n(c2=O)C[C@@H]2CNC[C@H]3C2)c1. The number of rotatable bonds is 5. The quantitative estimate of drug-likeness (QED) is 0.884. The van der Waals surface area contributed by atoms with Gasteiger partial charge in [0.1, 0.15) is 5.75 Å². The molecule has 138 valence electrons. The topological polar surface area (TPSA) is 59.4 Å². The first kappa shape index (κ1) is 17.2. The van der Waals surface area contributed by atoms with Crippen LogP contribution in [0.5, 0.6) is 5.75 Å². The lowest BCUT2D eigenvalue weighted by molar-refractivity contribution is 0.254. The molecule has 2 aromatic rings. The zero-order valence-electron chi connectivity index (χ0n) is 15.4. The maximum absolute atomic E-state index is 13.0. The minimum atomic E-state index is 0.171. The summed E-state index contributed by atoms with van der Waals surface area (Å²) in [6.07, 6.45) is 2.95. The molecule has 2 aliphatic rings. The summed E-state index contributed by atoms with van der Waals surface area (Å²) < 4.78 is 7.28. The fraction of sp³-hybridized carbons (Fsp3) is 0.500. The van der Waals surface area contributed by atoms with Crippen molar-refractivity contribution in [2.75, 3.05) is 27.2 Å². The van der Waals surface area contributed by atoms with E-state index in [0.29, 0.717) is 24.9 Å². The van der Waals surface area contributed by atoms with Crippen LogP contribution in [-0.4, -0.2) is 41.7 Å². The zero-order valence-corrected chi connectivity index (χ0v) is 15.4. The molecule has 6 nitrogen and oxygen atoms in total. The maximum atomic E-state index is 13.0. The van der Waals surface area contributed by atoms with Crippen molar-refractivity contribution in [3.63, 3.8) is 0 Å². The van der Waals surface area contributed by atoms with Gasteiger partial charge in [-0.2, -0.15) is 0 Å². The molecule has 2 atom stereocenters. The number of nitrogens with one attached hydrogen (secondary N) is 1. The third-order valence-electron chi connectivity index (χ3n) is 5.48. The largest absolute Gasteiger partial charge is 0.497 e. The van der Waals surface area contributed by atoms with Gasteiger partial charge in [0.05, 0.1) is 12.8 Å². The molecule has 0 aromatic carbocycles. The lowest BCUT2D eigenvalue weighted by atomic mass is 9.84. The Kier molecular flexibility index (Phi) is 4.78. The molecule has 2 aliphatic heterocycles. The van der Waals surface area contributed by atoms with Crippen LogP contribution in [0.15, 0.2) is 35.3 Å². The molecular formula is C20H26N4O2. The lowest BCUT2D eigenvalue weighted by Crippen LogP contribution is -2.45. The third-order valence-corrected chi connectivity index (χ3v) is 5.48. The second-order valence-corrected chi connectivity index (χ2v) is 7.52. The van der Waals surface area contributed by atoms with Crippen molar-refractivity contribution >= 4 is 0 Å². The van der Waals surface area contributed by atoms with Crippen LogP contribution in [-0.2, 0) is 19.6 Å². The van der Waals surface area contributed by atoms with Gasteiger partial charge in [-0.15, -0.1) is 0 Å². The minimum Gasteiger partial charge on any atom is -0.497 e. The molecule has 2 aromatic heterocycles. The third kappa shape index (κ3) is 3.39. The molecule has 4 heterocycles. The number of hydrogen-bond acceptors (Lipinski definition) is 5. The molecule has 1 N–H and O–H groups in total. The number of piperidine rings is 1. The van der Waals surface area contributed by atoms with Crippen molar-refractivity contribution in [3.8, 4) is 5.75 Å². The molecule has 6 heteroatoms. The van der Waals surface area contributed by atoms with Crippen LogP contribution in [0.1, 0.15) is 29.3 Å². The summed E-state index contributed by atoms with van der Waals surface area (Å²) in [5.41, 5.74) is 3.15. The van der Waals surface area contributed by atoms with Crippen molar-refractivity contribution in [3.05, 3.63) is 57.8 Å². The molecule has 1 fully saturated rings. The summed E-state index contributed by atoms with van der Waals surface area (Å²) in [6, 6.07) is 7.94. The molecule has 4 rings (SSSR count). The predicted octanol–water partition coefficient (Wildman–Crippen LogP) is 1.59. The van der Waals surface area contributed by atoms with E-state index in [4.69, 9.17) is 4.74 Å². The van der Waals surface area contributed by atoms with Gasteiger partial charge in [-0.3, -0.25) is 14.7 Å². The monoisotopic (exact) mass is 354 g/mol. The first-order valence-electron chi connectivity index (χ1n) is 9.25. The second-order valence-electron chi connectivity index (χ2n) is 7.52. The van der Waals surface area contributed by atoms with E-state index in [1.165, 1.54) is 12.1 Å². The number of hydrogen-bond donors (Lipinski definition) is 1. The first-order chi connectivity index (χ1) is 12.6. The Morgan fingerprint density at radius 2 is 2.19 bits per heavy atom. The van der Waals surface area contributed by atoms with Gasteiger partial charge < -0.3 is 14.6 Å². The van der Waals surface area contributed by atoms with E-state index >= 15 is 0 Å².